The first-order valence-corrected chi connectivity index (χ1v) is 5.54. The van der Waals surface area contributed by atoms with Gasteiger partial charge in [-0.3, -0.25) is 10.1 Å². The second-order valence-electron chi connectivity index (χ2n) is 3.84. The van der Waals surface area contributed by atoms with Crippen molar-refractivity contribution in [1.29, 1.82) is 0 Å². The van der Waals surface area contributed by atoms with Crippen molar-refractivity contribution in [2.75, 3.05) is 12.8 Å². The Hall–Kier alpha value is -2.97. The fraction of sp³-hybridized carbons (Fsp3) is 0.0833. The quantitative estimate of drug-likeness (QED) is 0.687. The number of benzene rings is 1. The van der Waals surface area contributed by atoms with Gasteiger partial charge in [0, 0.05) is 6.07 Å². The van der Waals surface area contributed by atoms with Crippen LogP contribution in [0.2, 0.25) is 0 Å². The molecule has 0 fully saturated rings. The Balaban J connectivity index is 2.44. The lowest BCUT2D eigenvalue weighted by molar-refractivity contribution is -0.385. The number of nitro benzene ring substituents is 1. The van der Waals surface area contributed by atoms with Crippen LogP contribution in [-0.4, -0.2) is 17.0 Å². The van der Waals surface area contributed by atoms with E-state index in [0.29, 0.717) is 6.07 Å². The summed E-state index contributed by atoms with van der Waals surface area (Å²) in [6, 6.07) is 4.16. The van der Waals surface area contributed by atoms with Gasteiger partial charge in [0.05, 0.1) is 18.1 Å². The lowest BCUT2D eigenvalue weighted by Crippen LogP contribution is -2.01. The van der Waals surface area contributed by atoms with E-state index in [-0.39, 0.29) is 11.5 Å². The van der Waals surface area contributed by atoms with Crippen LogP contribution in [0.3, 0.4) is 0 Å². The third-order valence-electron chi connectivity index (χ3n) is 2.49. The van der Waals surface area contributed by atoms with Gasteiger partial charge in [0.25, 0.3) is 5.88 Å². The third kappa shape index (κ3) is 2.96. The number of halogens is 2. The van der Waals surface area contributed by atoms with Gasteiger partial charge < -0.3 is 15.2 Å². The van der Waals surface area contributed by atoms with E-state index in [1.54, 1.807) is 0 Å². The van der Waals surface area contributed by atoms with Crippen LogP contribution in [0.4, 0.5) is 20.3 Å². The van der Waals surface area contributed by atoms with E-state index in [9.17, 15) is 18.9 Å². The summed E-state index contributed by atoms with van der Waals surface area (Å²) >= 11 is 0. The number of anilines is 1. The first-order chi connectivity index (χ1) is 9.92. The van der Waals surface area contributed by atoms with Crippen LogP contribution in [0, 0.1) is 21.7 Å². The second-order valence-corrected chi connectivity index (χ2v) is 3.84. The largest absolute Gasteiger partial charge is 0.496 e. The van der Waals surface area contributed by atoms with E-state index in [1.807, 2.05) is 0 Å². The number of nitrogen functional groups attached to an aromatic ring is 1. The number of hydrogen-bond acceptors (Lipinski definition) is 6. The number of nitrogens with zero attached hydrogens (tertiary/aromatic N) is 2. The van der Waals surface area contributed by atoms with Gasteiger partial charge in [-0.25, -0.2) is 8.78 Å². The Morgan fingerprint density at radius 1 is 1.29 bits per heavy atom. The summed E-state index contributed by atoms with van der Waals surface area (Å²) in [7, 11) is 1.33. The number of rotatable bonds is 4. The van der Waals surface area contributed by atoms with Crippen molar-refractivity contribution in [3.8, 4) is 17.4 Å². The number of nitrogens with two attached hydrogens (primary N) is 1. The molecule has 0 amide bonds. The van der Waals surface area contributed by atoms with E-state index in [2.05, 4.69) is 4.98 Å². The van der Waals surface area contributed by atoms with E-state index >= 15 is 0 Å². The van der Waals surface area contributed by atoms with Crippen LogP contribution >= 0.6 is 0 Å². The molecule has 0 spiro atoms. The van der Waals surface area contributed by atoms with Crippen molar-refractivity contribution in [2.45, 2.75) is 0 Å². The van der Waals surface area contributed by atoms with Crippen LogP contribution in [-0.2, 0) is 0 Å². The summed E-state index contributed by atoms with van der Waals surface area (Å²) in [6.07, 6.45) is 0. The number of methoxy groups -OCH3 is 1. The summed E-state index contributed by atoms with van der Waals surface area (Å²) in [4.78, 5) is 13.6. The Morgan fingerprint density at radius 2 is 2.00 bits per heavy atom. The molecule has 110 valence electrons. The molecule has 1 aromatic heterocycles. The van der Waals surface area contributed by atoms with E-state index in [4.69, 9.17) is 15.2 Å². The highest BCUT2D eigenvalue weighted by Crippen LogP contribution is 2.35. The normalized spacial score (nSPS) is 10.2. The molecule has 0 saturated heterocycles. The fourth-order valence-electron chi connectivity index (χ4n) is 1.49. The van der Waals surface area contributed by atoms with Crippen molar-refractivity contribution in [3.05, 3.63) is 46.0 Å². The number of hydrogen-bond donors (Lipinski definition) is 1. The van der Waals surface area contributed by atoms with E-state index < -0.39 is 33.9 Å². The van der Waals surface area contributed by atoms with Crippen LogP contribution in [0.25, 0.3) is 0 Å². The summed E-state index contributed by atoms with van der Waals surface area (Å²) in [5, 5.41) is 11.0. The number of aromatic nitrogens is 1. The number of pyridine rings is 1. The number of nitro groups is 1. The molecule has 1 aromatic carbocycles. The third-order valence-corrected chi connectivity index (χ3v) is 2.49. The highest BCUT2D eigenvalue weighted by Gasteiger charge is 2.20. The predicted octanol–water partition coefficient (Wildman–Crippen LogP) is 2.65. The first-order valence-electron chi connectivity index (χ1n) is 5.54. The summed E-state index contributed by atoms with van der Waals surface area (Å²) in [6.45, 7) is 0. The molecule has 0 unspecified atom stereocenters. The standard InChI is InChI=1S/C12H9F2N3O4/c1-20-6-2-3-10(9(4-6)17(18)19)21-12-8(14)5-7(13)11(15)16-12/h2-5H,1H3,(H2,15,16). The molecule has 2 aromatic rings. The Kier molecular flexibility index (Phi) is 3.83. The topological polar surface area (TPSA) is 101 Å². The summed E-state index contributed by atoms with van der Waals surface area (Å²) in [5.74, 6) is -3.49. The maximum absolute atomic E-state index is 13.5. The van der Waals surface area contributed by atoms with Crippen molar-refractivity contribution in [2.24, 2.45) is 0 Å². The van der Waals surface area contributed by atoms with Crippen molar-refractivity contribution in [3.63, 3.8) is 0 Å². The molecule has 21 heavy (non-hydrogen) atoms. The highest BCUT2D eigenvalue weighted by molar-refractivity contribution is 5.52. The molecule has 0 aliphatic rings. The predicted molar refractivity (Wildman–Crippen MR) is 68.3 cm³/mol. The summed E-state index contributed by atoms with van der Waals surface area (Å²) in [5.41, 5.74) is 4.74. The molecular formula is C12H9F2N3O4. The zero-order chi connectivity index (χ0) is 15.6. The summed E-state index contributed by atoms with van der Waals surface area (Å²) < 4.78 is 36.4. The maximum Gasteiger partial charge on any atom is 0.315 e. The lowest BCUT2D eigenvalue weighted by Gasteiger charge is -2.08. The van der Waals surface area contributed by atoms with E-state index in [0.717, 1.165) is 6.07 Å². The number of ether oxygens (including phenoxy) is 2. The average molecular weight is 297 g/mol. The lowest BCUT2D eigenvalue weighted by atomic mass is 10.3. The maximum atomic E-state index is 13.5. The molecule has 0 atom stereocenters. The average Bonchev–Trinajstić information content (AvgIpc) is 2.44. The molecule has 0 aliphatic heterocycles. The molecule has 0 radical (unpaired) electrons. The van der Waals surface area contributed by atoms with Crippen LogP contribution < -0.4 is 15.2 Å². The van der Waals surface area contributed by atoms with Crippen molar-refractivity contribution >= 4 is 11.5 Å². The van der Waals surface area contributed by atoms with Gasteiger partial charge in [-0.05, 0) is 12.1 Å². The van der Waals surface area contributed by atoms with Gasteiger partial charge in [-0.1, -0.05) is 0 Å². The first kappa shape index (κ1) is 14.4. The van der Waals surface area contributed by atoms with Gasteiger partial charge in [0.1, 0.15) is 5.75 Å². The van der Waals surface area contributed by atoms with Crippen molar-refractivity contribution in [1.82, 2.24) is 4.98 Å². The minimum Gasteiger partial charge on any atom is -0.496 e. The molecule has 2 N–H and O–H groups in total. The minimum atomic E-state index is -1.13. The van der Waals surface area contributed by atoms with Crippen molar-refractivity contribution < 1.29 is 23.2 Å². The Labute approximate surface area is 117 Å². The molecule has 1 heterocycles. The zero-order valence-corrected chi connectivity index (χ0v) is 10.7. The van der Waals surface area contributed by atoms with Gasteiger partial charge >= 0.3 is 5.69 Å². The molecule has 7 nitrogen and oxygen atoms in total. The Bertz CT molecular complexity index is 709. The smallest absolute Gasteiger partial charge is 0.315 e. The van der Waals surface area contributed by atoms with Crippen LogP contribution in [0.1, 0.15) is 0 Å². The van der Waals surface area contributed by atoms with Crippen LogP contribution in [0.15, 0.2) is 24.3 Å². The molecule has 0 aliphatic carbocycles. The van der Waals surface area contributed by atoms with Gasteiger partial charge in [-0.15, -0.1) is 0 Å². The molecule has 0 bridgehead atoms. The minimum absolute atomic E-state index is 0.223. The van der Waals surface area contributed by atoms with Gasteiger partial charge in [0.15, 0.2) is 17.5 Å². The van der Waals surface area contributed by atoms with Crippen LogP contribution in [0.5, 0.6) is 17.4 Å². The molecular weight excluding hydrogens is 288 g/mol. The Morgan fingerprint density at radius 3 is 2.62 bits per heavy atom. The zero-order valence-electron chi connectivity index (χ0n) is 10.7. The molecule has 9 heteroatoms. The highest BCUT2D eigenvalue weighted by atomic mass is 19.1. The van der Waals surface area contributed by atoms with E-state index in [1.165, 1.54) is 19.2 Å². The fourth-order valence-corrected chi connectivity index (χ4v) is 1.49. The second kappa shape index (κ2) is 5.57. The monoisotopic (exact) mass is 297 g/mol. The van der Waals surface area contributed by atoms with Gasteiger partial charge in [0.2, 0.25) is 5.75 Å². The van der Waals surface area contributed by atoms with Gasteiger partial charge in [-0.2, -0.15) is 4.98 Å². The molecule has 2 rings (SSSR count). The SMILES string of the molecule is COc1ccc(Oc2nc(N)c(F)cc2F)c([N+](=O)[O-])c1. The molecule has 0 saturated carbocycles.